The molecule has 1 saturated heterocycles. The van der Waals surface area contributed by atoms with Crippen molar-refractivity contribution in [1.82, 2.24) is 15.2 Å². The Bertz CT molecular complexity index is 519. The summed E-state index contributed by atoms with van der Waals surface area (Å²) >= 11 is 0. The highest BCUT2D eigenvalue weighted by atomic mass is 16.4. The van der Waals surface area contributed by atoms with Gasteiger partial charge in [-0.25, -0.2) is 4.98 Å². The summed E-state index contributed by atoms with van der Waals surface area (Å²) in [6.45, 7) is 3.83. The molecular formula is C13H17N5O. The molecule has 0 amide bonds. The molecule has 3 heterocycles. The second kappa shape index (κ2) is 5.26. The van der Waals surface area contributed by atoms with E-state index in [1.54, 1.807) is 12.4 Å². The van der Waals surface area contributed by atoms with Crippen LogP contribution in [0.4, 0.5) is 11.8 Å². The SMILES string of the molecule is Cc1cnc(NC2CCN(c3cccnn3)CC2)o1. The Morgan fingerprint density at radius 3 is 2.84 bits per heavy atom. The van der Waals surface area contributed by atoms with Crippen LogP contribution in [-0.4, -0.2) is 34.3 Å². The van der Waals surface area contributed by atoms with E-state index in [0.29, 0.717) is 12.1 Å². The van der Waals surface area contributed by atoms with Crippen molar-refractivity contribution >= 4 is 11.8 Å². The number of nitrogens with zero attached hydrogens (tertiary/aromatic N) is 4. The monoisotopic (exact) mass is 259 g/mol. The van der Waals surface area contributed by atoms with E-state index in [1.807, 2.05) is 19.1 Å². The van der Waals surface area contributed by atoms with Gasteiger partial charge in [0.25, 0.3) is 6.01 Å². The highest BCUT2D eigenvalue weighted by Crippen LogP contribution is 2.19. The quantitative estimate of drug-likeness (QED) is 0.907. The Balaban J connectivity index is 1.55. The van der Waals surface area contributed by atoms with Gasteiger partial charge >= 0.3 is 0 Å². The van der Waals surface area contributed by atoms with Crippen molar-refractivity contribution in [3.05, 3.63) is 30.3 Å². The van der Waals surface area contributed by atoms with Gasteiger partial charge in [0.15, 0.2) is 5.82 Å². The number of aromatic nitrogens is 3. The van der Waals surface area contributed by atoms with E-state index >= 15 is 0 Å². The molecule has 1 aliphatic rings. The molecule has 1 fully saturated rings. The van der Waals surface area contributed by atoms with Crippen molar-refractivity contribution in [2.45, 2.75) is 25.8 Å². The molecule has 100 valence electrons. The lowest BCUT2D eigenvalue weighted by Gasteiger charge is -2.32. The van der Waals surface area contributed by atoms with Crippen LogP contribution in [0.1, 0.15) is 18.6 Å². The van der Waals surface area contributed by atoms with Crippen LogP contribution in [0.5, 0.6) is 0 Å². The first-order valence-corrected chi connectivity index (χ1v) is 6.53. The normalized spacial score (nSPS) is 16.6. The molecule has 0 aliphatic carbocycles. The van der Waals surface area contributed by atoms with Gasteiger partial charge in [-0.05, 0) is 31.9 Å². The summed E-state index contributed by atoms with van der Waals surface area (Å²) in [7, 11) is 0. The molecule has 0 unspecified atom stereocenters. The van der Waals surface area contributed by atoms with Gasteiger partial charge < -0.3 is 14.6 Å². The third-order valence-electron chi connectivity index (χ3n) is 3.33. The van der Waals surface area contributed by atoms with Gasteiger partial charge in [-0.1, -0.05) is 0 Å². The molecular weight excluding hydrogens is 242 g/mol. The summed E-state index contributed by atoms with van der Waals surface area (Å²) in [4.78, 5) is 6.43. The summed E-state index contributed by atoms with van der Waals surface area (Å²) < 4.78 is 5.44. The van der Waals surface area contributed by atoms with Crippen molar-refractivity contribution in [2.75, 3.05) is 23.3 Å². The van der Waals surface area contributed by atoms with Crippen LogP contribution in [0.15, 0.2) is 28.9 Å². The molecule has 1 N–H and O–H groups in total. The van der Waals surface area contributed by atoms with Crippen molar-refractivity contribution < 1.29 is 4.42 Å². The molecule has 0 aromatic carbocycles. The fraction of sp³-hybridized carbons (Fsp3) is 0.462. The predicted octanol–water partition coefficient (Wildman–Crippen LogP) is 1.85. The number of anilines is 2. The lowest BCUT2D eigenvalue weighted by Crippen LogP contribution is -2.39. The van der Waals surface area contributed by atoms with Crippen molar-refractivity contribution in [3.8, 4) is 0 Å². The first-order valence-electron chi connectivity index (χ1n) is 6.53. The Morgan fingerprint density at radius 2 is 2.21 bits per heavy atom. The second-order valence-corrected chi connectivity index (χ2v) is 4.76. The van der Waals surface area contributed by atoms with E-state index in [-0.39, 0.29) is 0 Å². The standard InChI is InChI=1S/C13H17N5O/c1-10-9-14-13(19-10)16-11-4-7-18(8-5-11)12-3-2-6-15-17-12/h2-3,6,9,11H,4-5,7-8H2,1H3,(H,14,16). The Kier molecular flexibility index (Phi) is 3.31. The zero-order chi connectivity index (χ0) is 13.1. The summed E-state index contributed by atoms with van der Waals surface area (Å²) in [6.07, 6.45) is 5.51. The lowest BCUT2D eigenvalue weighted by molar-refractivity contribution is 0.486. The van der Waals surface area contributed by atoms with Crippen LogP contribution < -0.4 is 10.2 Å². The largest absolute Gasteiger partial charge is 0.429 e. The van der Waals surface area contributed by atoms with Gasteiger partial charge in [0, 0.05) is 25.3 Å². The first-order chi connectivity index (χ1) is 9.31. The van der Waals surface area contributed by atoms with Gasteiger partial charge in [-0.2, -0.15) is 5.10 Å². The summed E-state index contributed by atoms with van der Waals surface area (Å²) in [6, 6.07) is 4.95. The molecule has 0 radical (unpaired) electrons. The van der Waals surface area contributed by atoms with Crippen LogP contribution in [0.3, 0.4) is 0 Å². The van der Waals surface area contributed by atoms with E-state index in [0.717, 1.165) is 37.5 Å². The number of nitrogens with one attached hydrogen (secondary N) is 1. The maximum absolute atomic E-state index is 5.44. The van der Waals surface area contributed by atoms with Crippen molar-refractivity contribution in [2.24, 2.45) is 0 Å². The molecule has 2 aromatic heterocycles. The third-order valence-corrected chi connectivity index (χ3v) is 3.33. The Labute approximate surface area is 111 Å². The number of rotatable bonds is 3. The average Bonchev–Trinajstić information content (AvgIpc) is 2.86. The number of aryl methyl sites for hydroxylation is 1. The first kappa shape index (κ1) is 12.0. The molecule has 2 aromatic rings. The fourth-order valence-corrected chi connectivity index (χ4v) is 2.31. The van der Waals surface area contributed by atoms with Crippen LogP contribution in [0.2, 0.25) is 0 Å². The van der Waals surface area contributed by atoms with Crippen molar-refractivity contribution in [1.29, 1.82) is 0 Å². The highest BCUT2D eigenvalue weighted by Gasteiger charge is 2.21. The number of oxazole rings is 1. The number of hydrogen-bond acceptors (Lipinski definition) is 6. The second-order valence-electron chi connectivity index (χ2n) is 4.76. The predicted molar refractivity (Wildman–Crippen MR) is 72.1 cm³/mol. The molecule has 0 saturated carbocycles. The minimum atomic E-state index is 0.408. The zero-order valence-electron chi connectivity index (χ0n) is 10.9. The third kappa shape index (κ3) is 2.83. The number of hydrogen-bond donors (Lipinski definition) is 1. The van der Waals surface area contributed by atoms with E-state index in [2.05, 4.69) is 25.4 Å². The molecule has 6 nitrogen and oxygen atoms in total. The molecule has 0 atom stereocenters. The van der Waals surface area contributed by atoms with Gasteiger partial charge in [-0.3, -0.25) is 0 Å². The lowest BCUT2D eigenvalue weighted by atomic mass is 10.1. The Morgan fingerprint density at radius 1 is 1.37 bits per heavy atom. The van der Waals surface area contributed by atoms with Crippen molar-refractivity contribution in [3.63, 3.8) is 0 Å². The molecule has 0 bridgehead atoms. The summed E-state index contributed by atoms with van der Waals surface area (Å²) in [5, 5.41) is 11.4. The smallest absolute Gasteiger partial charge is 0.294 e. The molecule has 1 aliphatic heterocycles. The molecule has 0 spiro atoms. The van der Waals surface area contributed by atoms with E-state index < -0.39 is 0 Å². The average molecular weight is 259 g/mol. The Hall–Kier alpha value is -2.11. The summed E-state index contributed by atoms with van der Waals surface area (Å²) in [5.41, 5.74) is 0. The van der Waals surface area contributed by atoms with Crippen LogP contribution in [0, 0.1) is 6.92 Å². The van der Waals surface area contributed by atoms with Gasteiger partial charge in [0.2, 0.25) is 0 Å². The number of piperidine rings is 1. The zero-order valence-corrected chi connectivity index (χ0v) is 10.9. The van der Waals surface area contributed by atoms with Gasteiger partial charge in [0.05, 0.1) is 6.20 Å². The van der Waals surface area contributed by atoms with Crippen LogP contribution in [-0.2, 0) is 0 Å². The van der Waals surface area contributed by atoms with Crippen LogP contribution >= 0.6 is 0 Å². The van der Waals surface area contributed by atoms with Crippen LogP contribution in [0.25, 0.3) is 0 Å². The maximum Gasteiger partial charge on any atom is 0.294 e. The van der Waals surface area contributed by atoms with E-state index in [1.165, 1.54) is 0 Å². The van der Waals surface area contributed by atoms with E-state index in [4.69, 9.17) is 4.42 Å². The summed E-state index contributed by atoms with van der Waals surface area (Å²) in [5.74, 6) is 1.78. The minimum Gasteiger partial charge on any atom is -0.429 e. The molecule has 19 heavy (non-hydrogen) atoms. The van der Waals surface area contributed by atoms with E-state index in [9.17, 15) is 0 Å². The highest BCUT2D eigenvalue weighted by molar-refractivity contribution is 5.37. The van der Waals surface area contributed by atoms with Gasteiger partial charge in [-0.15, -0.1) is 5.10 Å². The van der Waals surface area contributed by atoms with Gasteiger partial charge in [0.1, 0.15) is 5.76 Å². The topological polar surface area (TPSA) is 67.1 Å². The maximum atomic E-state index is 5.44. The minimum absolute atomic E-state index is 0.408. The fourth-order valence-electron chi connectivity index (χ4n) is 2.31. The molecule has 3 rings (SSSR count). The molecule has 6 heteroatoms.